The number of hydrogen-bond acceptors (Lipinski definition) is 6. The van der Waals surface area contributed by atoms with Crippen LogP contribution in [-0.2, 0) is 14.8 Å². The summed E-state index contributed by atoms with van der Waals surface area (Å²) in [4.78, 5) is 4.01. The Morgan fingerprint density at radius 2 is 2.05 bits per heavy atom. The molecule has 0 spiro atoms. The van der Waals surface area contributed by atoms with E-state index in [1.807, 2.05) is 13.8 Å². The van der Waals surface area contributed by atoms with E-state index in [4.69, 9.17) is 10.6 Å². The molecule has 106 valence electrons. The van der Waals surface area contributed by atoms with Crippen LogP contribution in [-0.4, -0.2) is 43.0 Å². The number of ether oxygens (including phenoxy) is 1. The average Bonchev–Trinajstić information content (AvgIpc) is 2.37. The number of sulfonamides is 1. The van der Waals surface area contributed by atoms with Gasteiger partial charge in [0.25, 0.3) is 0 Å². The third-order valence-corrected chi connectivity index (χ3v) is 4.77. The number of nitrogens with two attached hydrogens (primary N) is 1. The summed E-state index contributed by atoms with van der Waals surface area (Å²) in [5, 5.41) is 0. The molecule has 2 heterocycles. The molecule has 1 aliphatic heterocycles. The van der Waals surface area contributed by atoms with Crippen LogP contribution in [0.4, 0.5) is 5.82 Å². The van der Waals surface area contributed by atoms with Gasteiger partial charge in [-0.15, -0.1) is 0 Å². The maximum absolute atomic E-state index is 12.6. The summed E-state index contributed by atoms with van der Waals surface area (Å²) in [5.74, 6) is 5.46. The molecule has 1 aromatic rings. The molecule has 3 N–H and O–H groups in total. The SMILES string of the molecule is CC1CN(S(=O)(=O)c2cccnc2NN)CC(C)O1. The number of pyridine rings is 1. The van der Waals surface area contributed by atoms with Gasteiger partial charge in [0.15, 0.2) is 5.82 Å². The summed E-state index contributed by atoms with van der Waals surface area (Å²) in [5.41, 5.74) is 2.32. The maximum Gasteiger partial charge on any atom is 0.246 e. The molecule has 19 heavy (non-hydrogen) atoms. The van der Waals surface area contributed by atoms with Gasteiger partial charge in [-0.05, 0) is 26.0 Å². The van der Waals surface area contributed by atoms with Gasteiger partial charge in [0, 0.05) is 19.3 Å². The van der Waals surface area contributed by atoms with Crippen molar-refractivity contribution in [3.8, 4) is 0 Å². The monoisotopic (exact) mass is 286 g/mol. The van der Waals surface area contributed by atoms with Crippen LogP contribution >= 0.6 is 0 Å². The first-order valence-electron chi connectivity index (χ1n) is 6.02. The molecule has 0 amide bonds. The van der Waals surface area contributed by atoms with Crippen LogP contribution < -0.4 is 11.3 Å². The summed E-state index contributed by atoms with van der Waals surface area (Å²) in [6.45, 7) is 4.35. The molecule has 8 heteroatoms. The Hall–Kier alpha value is -1.22. The minimum atomic E-state index is -3.62. The molecule has 7 nitrogen and oxygen atoms in total. The lowest BCUT2D eigenvalue weighted by molar-refractivity contribution is -0.0440. The van der Waals surface area contributed by atoms with E-state index in [2.05, 4.69) is 10.4 Å². The Bertz CT molecular complexity index is 539. The van der Waals surface area contributed by atoms with Gasteiger partial charge in [-0.3, -0.25) is 0 Å². The van der Waals surface area contributed by atoms with Crippen LogP contribution in [0.2, 0.25) is 0 Å². The standard InChI is InChI=1S/C11H18N4O3S/c1-8-6-15(7-9(2)18-8)19(16,17)10-4-3-5-13-11(10)14-12/h3-5,8-9H,6-7,12H2,1-2H3,(H,13,14). The Labute approximate surface area is 112 Å². The molecule has 1 fully saturated rings. The highest BCUT2D eigenvalue weighted by Crippen LogP contribution is 2.24. The number of nitrogens with zero attached hydrogens (tertiary/aromatic N) is 2. The zero-order valence-corrected chi connectivity index (χ0v) is 11.7. The van der Waals surface area contributed by atoms with E-state index in [-0.39, 0.29) is 22.9 Å². The molecule has 0 aliphatic carbocycles. The van der Waals surface area contributed by atoms with E-state index < -0.39 is 10.0 Å². The topological polar surface area (TPSA) is 97.6 Å². The van der Waals surface area contributed by atoms with Crippen molar-refractivity contribution in [2.24, 2.45) is 5.84 Å². The largest absolute Gasteiger partial charge is 0.373 e. The van der Waals surface area contributed by atoms with Crippen molar-refractivity contribution in [3.63, 3.8) is 0 Å². The second-order valence-electron chi connectivity index (χ2n) is 4.57. The number of nitrogen functional groups attached to an aromatic ring is 1. The van der Waals surface area contributed by atoms with Crippen molar-refractivity contribution in [2.75, 3.05) is 18.5 Å². The lowest BCUT2D eigenvalue weighted by Crippen LogP contribution is -2.48. The average molecular weight is 286 g/mol. The predicted molar refractivity (Wildman–Crippen MR) is 70.8 cm³/mol. The van der Waals surface area contributed by atoms with E-state index >= 15 is 0 Å². The van der Waals surface area contributed by atoms with Gasteiger partial charge in [0.2, 0.25) is 10.0 Å². The van der Waals surface area contributed by atoms with Gasteiger partial charge in [-0.25, -0.2) is 19.2 Å². The number of anilines is 1. The highest BCUT2D eigenvalue weighted by atomic mass is 32.2. The van der Waals surface area contributed by atoms with Gasteiger partial charge in [0.1, 0.15) is 4.90 Å². The number of hydrogen-bond donors (Lipinski definition) is 2. The van der Waals surface area contributed by atoms with Crippen molar-refractivity contribution >= 4 is 15.8 Å². The van der Waals surface area contributed by atoms with Gasteiger partial charge in [-0.1, -0.05) is 0 Å². The lowest BCUT2D eigenvalue weighted by atomic mass is 10.3. The molecule has 0 bridgehead atoms. The van der Waals surface area contributed by atoms with Crippen molar-refractivity contribution in [2.45, 2.75) is 31.0 Å². The molecule has 2 unspecified atom stereocenters. The molecule has 1 saturated heterocycles. The Morgan fingerprint density at radius 1 is 1.42 bits per heavy atom. The minimum Gasteiger partial charge on any atom is -0.373 e. The number of hydrazine groups is 1. The van der Waals surface area contributed by atoms with Crippen LogP contribution in [0.3, 0.4) is 0 Å². The summed E-state index contributed by atoms with van der Waals surface area (Å²) in [6.07, 6.45) is 1.22. The van der Waals surface area contributed by atoms with Crippen molar-refractivity contribution in [1.82, 2.24) is 9.29 Å². The minimum absolute atomic E-state index is 0.0822. The Balaban J connectivity index is 2.36. The van der Waals surface area contributed by atoms with Crippen LogP contribution in [0.15, 0.2) is 23.2 Å². The highest BCUT2D eigenvalue weighted by molar-refractivity contribution is 7.89. The quantitative estimate of drug-likeness (QED) is 0.607. The fraction of sp³-hybridized carbons (Fsp3) is 0.545. The molecule has 0 saturated carbocycles. The van der Waals surface area contributed by atoms with Crippen LogP contribution in [0.5, 0.6) is 0 Å². The van der Waals surface area contributed by atoms with Gasteiger partial charge in [0.05, 0.1) is 12.2 Å². The molecule has 2 atom stereocenters. The molecule has 0 radical (unpaired) electrons. The molecule has 1 aromatic heterocycles. The number of rotatable bonds is 3. The summed E-state index contributed by atoms with van der Waals surface area (Å²) in [6, 6.07) is 3.06. The third-order valence-electron chi connectivity index (χ3n) is 2.91. The van der Waals surface area contributed by atoms with E-state index in [0.29, 0.717) is 13.1 Å². The smallest absolute Gasteiger partial charge is 0.246 e. The van der Waals surface area contributed by atoms with Crippen molar-refractivity contribution in [3.05, 3.63) is 18.3 Å². The van der Waals surface area contributed by atoms with Crippen molar-refractivity contribution < 1.29 is 13.2 Å². The number of aromatic nitrogens is 1. The second-order valence-corrected chi connectivity index (χ2v) is 6.48. The third kappa shape index (κ3) is 2.86. The first-order valence-corrected chi connectivity index (χ1v) is 7.46. The van der Waals surface area contributed by atoms with Crippen LogP contribution in [0, 0.1) is 0 Å². The second kappa shape index (κ2) is 5.41. The van der Waals surface area contributed by atoms with E-state index in [0.717, 1.165) is 0 Å². The van der Waals surface area contributed by atoms with Crippen molar-refractivity contribution in [1.29, 1.82) is 0 Å². The first kappa shape index (κ1) is 14.2. The normalized spacial score (nSPS) is 25.2. The molecule has 0 aromatic carbocycles. The van der Waals surface area contributed by atoms with Gasteiger partial charge in [-0.2, -0.15) is 4.31 Å². The van der Waals surface area contributed by atoms with Crippen LogP contribution in [0.25, 0.3) is 0 Å². The van der Waals surface area contributed by atoms with Crippen LogP contribution in [0.1, 0.15) is 13.8 Å². The predicted octanol–water partition coefficient (Wildman–Crippen LogP) is 0.165. The Kier molecular flexibility index (Phi) is 4.04. The highest BCUT2D eigenvalue weighted by Gasteiger charge is 2.33. The zero-order valence-electron chi connectivity index (χ0n) is 10.9. The van der Waals surface area contributed by atoms with Gasteiger partial charge >= 0.3 is 0 Å². The molecular weight excluding hydrogens is 268 g/mol. The molecule has 2 rings (SSSR count). The summed E-state index contributed by atoms with van der Waals surface area (Å²) < 4.78 is 32.1. The van der Waals surface area contributed by atoms with Gasteiger partial charge < -0.3 is 10.2 Å². The lowest BCUT2D eigenvalue weighted by Gasteiger charge is -2.34. The summed E-state index contributed by atoms with van der Waals surface area (Å²) in [7, 11) is -3.62. The van der Waals surface area contributed by atoms with E-state index in [1.54, 1.807) is 6.07 Å². The fourth-order valence-corrected chi connectivity index (χ4v) is 3.87. The first-order chi connectivity index (χ1) is 8.95. The molecule has 1 aliphatic rings. The maximum atomic E-state index is 12.6. The Morgan fingerprint density at radius 3 is 2.63 bits per heavy atom. The fourth-order valence-electron chi connectivity index (χ4n) is 2.17. The van der Waals surface area contributed by atoms with E-state index in [1.165, 1.54) is 16.6 Å². The summed E-state index contributed by atoms with van der Waals surface area (Å²) >= 11 is 0. The number of nitrogens with one attached hydrogen (secondary N) is 1. The zero-order chi connectivity index (χ0) is 14.0. The molecular formula is C11H18N4O3S. The number of morpholine rings is 1. The van der Waals surface area contributed by atoms with E-state index in [9.17, 15) is 8.42 Å².